The highest BCUT2D eigenvalue weighted by Crippen LogP contribution is 2.44. The van der Waals surface area contributed by atoms with Gasteiger partial charge in [-0.1, -0.05) is 95.2 Å². The number of phenols is 2. The highest BCUT2D eigenvalue weighted by atomic mass is 16.3. The zero-order valence-corrected chi connectivity index (χ0v) is 33.9. The maximum atomic E-state index is 11.7. The summed E-state index contributed by atoms with van der Waals surface area (Å²) in [5, 5.41) is 23.4. The van der Waals surface area contributed by atoms with E-state index in [1.807, 2.05) is 12.4 Å². The molecule has 0 aliphatic heterocycles. The van der Waals surface area contributed by atoms with E-state index in [0.717, 1.165) is 73.6 Å². The topological polar surface area (TPSA) is 65.2 Å². The number of hydrogen-bond donors (Lipinski definition) is 2. The summed E-state index contributed by atoms with van der Waals surface area (Å²) in [5.41, 5.74) is 4.63. The van der Waals surface area contributed by atoms with Crippen LogP contribution in [0.4, 0.5) is 0 Å². The van der Waals surface area contributed by atoms with Crippen molar-refractivity contribution in [3.63, 3.8) is 0 Å². The SMILES string of the molecule is CCC(C)(CC)c1cc(C=NC(C)(C)C(C)(C)N=Cc2cc(C(C)(CC)CC)cc(C(C)(CC)CC)c2O)c(O)c(C(C)(CC)CC)c1. The third-order valence-electron chi connectivity index (χ3n) is 13.8. The number of benzene rings is 2. The van der Waals surface area contributed by atoms with Gasteiger partial charge in [0.1, 0.15) is 11.5 Å². The fourth-order valence-corrected chi connectivity index (χ4v) is 6.48. The van der Waals surface area contributed by atoms with Crippen molar-refractivity contribution in [2.24, 2.45) is 9.98 Å². The predicted molar refractivity (Wildman–Crippen MR) is 211 cm³/mol. The van der Waals surface area contributed by atoms with Gasteiger partial charge in [0.25, 0.3) is 0 Å². The van der Waals surface area contributed by atoms with Crippen LogP contribution < -0.4 is 0 Å². The van der Waals surface area contributed by atoms with Gasteiger partial charge in [-0.25, -0.2) is 0 Å². The van der Waals surface area contributed by atoms with Crippen LogP contribution in [0.25, 0.3) is 0 Å². The van der Waals surface area contributed by atoms with Crippen molar-refractivity contribution in [3.05, 3.63) is 57.6 Å². The van der Waals surface area contributed by atoms with E-state index in [-0.39, 0.29) is 21.7 Å². The third-order valence-corrected chi connectivity index (χ3v) is 13.8. The Kier molecular flexibility index (Phi) is 13.4. The van der Waals surface area contributed by atoms with Crippen LogP contribution in [0, 0.1) is 0 Å². The van der Waals surface area contributed by atoms with Crippen molar-refractivity contribution in [2.75, 3.05) is 0 Å². The van der Waals surface area contributed by atoms with E-state index in [1.165, 1.54) is 11.1 Å². The van der Waals surface area contributed by atoms with Crippen molar-refractivity contribution in [3.8, 4) is 11.5 Å². The first-order valence-corrected chi connectivity index (χ1v) is 19.0. The third kappa shape index (κ3) is 8.05. The molecule has 0 unspecified atom stereocenters. The monoisotopic (exact) mass is 661 g/mol. The fraction of sp³-hybridized carbons (Fsp3) is 0.682. The molecule has 0 bridgehead atoms. The fourth-order valence-electron chi connectivity index (χ4n) is 6.48. The van der Waals surface area contributed by atoms with Crippen LogP contribution in [0.2, 0.25) is 0 Å². The van der Waals surface area contributed by atoms with Crippen LogP contribution >= 0.6 is 0 Å². The largest absolute Gasteiger partial charge is 0.507 e. The first-order chi connectivity index (χ1) is 22.2. The van der Waals surface area contributed by atoms with Gasteiger partial charge in [-0.3, -0.25) is 9.98 Å². The number of aliphatic imine (C=N–C) groups is 2. The van der Waals surface area contributed by atoms with E-state index in [1.54, 1.807) is 0 Å². The lowest BCUT2D eigenvalue weighted by molar-refractivity contribution is 0.317. The molecule has 0 saturated heterocycles. The summed E-state index contributed by atoms with van der Waals surface area (Å²) in [6, 6.07) is 8.81. The number of aromatic hydroxyl groups is 2. The van der Waals surface area contributed by atoms with Crippen molar-refractivity contribution in [1.82, 2.24) is 0 Å². The van der Waals surface area contributed by atoms with Crippen molar-refractivity contribution >= 4 is 12.4 Å². The Bertz CT molecular complexity index is 1320. The molecule has 0 spiro atoms. The highest BCUT2D eigenvalue weighted by Gasteiger charge is 2.37. The van der Waals surface area contributed by atoms with Gasteiger partial charge in [0, 0.05) is 34.7 Å². The quantitative estimate of drug-likeness (QED) is 0.166. The van der Waals surface area contributed by atoms with Crippen LogP contribution in [0.1, 0.15) is 196 Å². The minimum atomic E-state index is -0.609. The lowest BCUT2D eigenvalue weighted by atomic mass is 9.71. The minimum absolute atomic E-state index is 0.0131. The van der Waals surface area contributed by atoms with Gasteiger partial charge in [0.05, 0.1) is 11.1 Å². The molecule has 0 fully saturated rings. The second-order valence-electron chi connectivity index (χ2n) is 16.6. The van der Waals surface area contributed by atoms with Gasteiger partial charge < -0.3 is 10.2 Å². The Morgan fingerprint density at radius 1 is 0.438 bits per heavy atom. The van der Waals surface area contributed by atoms with E-state index in [2.05, 4.69) is 135 Å². The molecular formula is C44H72N2O2. The Morgan fingerprint density at radius 3 is 0.917 bits per heavy atom. The molecule has 0 aliphatic carbocycles. The molecule has 2 aromatic carbocycles. The van der Waals surface area contributed by atoms with Gasteiger partial charge in [0.15, 0.2) is 0 Å². The molecule has 0 heterocycles. The zero-order valence-electron chi connectivity index (χ0n) is 33.9. The molecule has 0 amide bonds. The number of phenolic OH excluding ortho intramolecular Hbond substituents is 2. The molecule has 48 heavy (non-hydrogen) atoms. The number of nitrogens with zero attached hydrogens (tertiary/aromatic N) is 2. The van der Waals surface area contributed by atoms with Gasteiger partial charge >= 0.3 is 0 Å². The van der Waals surface area contributed by atoms with Gasteiger partial charge in [-0.15, -0.1) is 0 Å². The summed E-state index contributed by atoms with van der Waals surface area (Å²) in [5.74, 6) is 0.666. The van der Waals surface area contributed by atoms with E-state index in [9.17, 15) is 10.2 Å². The predicted octanol–water partition coefficient (Wildman–Crippen LogP) is 12.5. The van der Waals surface area contributed by atoms with Crippen LogP contribution in [-0.2, 0) is 21.7 Å². The highest BCUT2D eigenvalue weighted by molar-refractivity contribution is 5.86. The van der Waals surface area contributed by atoms with Crippen molar-refractivity contribution < 1.29 is 10.2 Å². The summed E-state index contributed by atoms with van der Waals surface area (Å²) in [4.78, 5) is 10.3. The maximum absolute atomic E-state index is 11.7. The molecule has 2 N–H and O–H groups in total. The molecule has 0 aromatic heterocycles. The van der Waals surface area contributed by atoms with Crippen molar-refractivity contribution in [1.29, 1.82) is 0 Å². The second kappa shape index (κ2) is 15.5. The van der Waals surface area contributed by atoms with Crippen LogP contribution in [0.15, 0.2) is 34.3 Å². The van der Waals surface area contributed by atoms with Crippen molar-refractivity contribution in [2.45, 2.75) is 195 Å². The summed E-state index contributed by atoms with van der Waals surface area (Å²) in [7, 11) is 0. The Balaban J connectivity index is 2.73. The van der Waals surface area contributed by atoms with E-state index in [4.69, 9.17) is 9.98 Å². The molecular weight excluding hydrogens is 588 g/mol. The molecule has 270 valence electrons. The molecule has 0 atom stereocenters. The molecule has 0 radical (unpaired) electrons. The average Bonchev–Trinajstić information content (AvgIpc) is 3.08. The maximum Gasteiger partial charge on any atom is 0.128 e. The average molecular weight is 661 g/mol. The Morgan fingerprint density at radius 2 is 0.688 bits per heavy atom. The lowest BCUT2D eigenvalue weighted by Crippen LogP contribution is -2.42. The molecule has 0 aliphatic rings. The summed E-state index contributed by atoms with van der Waals surface area (Å²) in [6.45, 7) is 35.4. The summed E-state index contributed by atoms with van der Waals surface area (Å²) >= 11 is 0. The first kappa shape index (κ1) is 41.6. The van der Waals surface area contributed by atoms with Crippen LogP contribution in [0.3, 0.4) is 0 Å². The second-order valence-corrected chi connectivity index (χ2v) is 16.6. The summed E-state index contributed by atoms with van der Waals surface area (Å²) in [6.07, 6.45) is 11.6. The van der Waals surface area contributed by atoms with Crippen LogP contribution in [0.5, 0.6) is 11.5 Å². The molecule has 4 heteroatoms. The Labute approximate surface area is 296 Å². The number of rotatable bonds is 17. The minimum Gasteiger partial charge on any atom is -0.507 e. The van der Waals surface area contributed by atoms with Crippen LogP contribution in [-0.4, -0.2) is 33.7 Å². The van der Waals surface area contributed by atoms with E-state index >= 15 is 0 Å². The number of hydrogen-bond acceptors (Lipinski definition) is 4. The summed E-state index contributed by atoms with van der Waals surface area (Å²) < 4.78 is 0. The van der Waals surface area contributed by atoms with Gasteiger partial charge in [-0.05, 0) is 124 Å². The lowest BCUT2D eigenvalue weighted by Gasteiger charge is -2.36. The van der Waals surface area contributed by atoms with Gasteiger partial charge in [0.2, 0.25) is 0 Å². The molecule has 2 rings (SSSR count). The zero-order chi connectivity index (χ0) is 36.9. The molecule has 2 aromatic rings. The van der Waals surface area contributed by atoms with Gasteiger partial charge in [-0.2, -0.15) is 0 Å². The van der Waals surface area contributed by atoms with E-state index < -0.39 is 11.1 Å². The smallest absolute Gasteiger partial charge is 0.128 e. The standard InChI is InChI=1S/C44H72N2O2/c1-17-41(13,18-2)33-25-31(37(47)35(27-33)43(15,21-5)22-6)29-45-39(9,10)40(11,12)46-30-32-26-34(42(14,19-3)20-4)28-36(38(32)48)44(16,23-7)24-8/h25-30,47-48H,17-24H2,1-16H3. The first-order valence-electron chi connectivity index (χ1n) is 19.0. The molecule has 0 saturated carbocycles. The Hall–Kier alpha value is -2.62. The normalized spacial score (nSPS) is 14.1. The molecule has 4 nitrogen and oxygen atoms in total. The van der Waals surface area contributed by atoms with E-state index in [0.29, 0.717) is 11.5 Å².